The second-order valence-electron chi connectivity index (χ2n) is 5.43. The van der Waals surface area contributed by atoms with E-state index in [9.17, 15) is 13.2 Å². The van der Waals surface area contributed by atoms with Gasteiger partial charge in [0.2, 0.25) is 11.9 Å². The fourth-order valence-corrected chi connectivity index (χ4v) is 3.30. The van der Waals surface area contributed by atoms with Gasteiger partial charge in [-0.25, -0.2) is 18.4 Å². The largest absolute Gasteiger partial charge is 0.347 e. The number of aromatic nitrogens is 2. The highest BCUT2D eigenvalue weighted by molar-refractivity contribution is 7.92. The predicted octanol–water partition coefficient (Wildman–Crippen LogP) is 1.61. The molecule has 0 aliphatic carbocycles. The van der Waals surface area contributed by atoms with Gasteiger partial charge in [-0.1, -0.05) is 0 Å². The Hall–Kier alpha value is -2.68. The number of nitrogens with one attached hydrogen (secondary N) is 2. The van der Waals surface area contributed by atoms with Crippen LogP contribution in [0.3, 0.4) is 0 Å². The van der Waals surface area contributed by atoms with Gasteiger partial charge in [0.1, 0.15) is 0 Å². The van der Waals surface area contributed by atoms with Crippen LogP contribution in [-0.2, 0) is 14.8 Å². The zero-order valence-electron chi connectivity index (χ0n) is 13.9. The summed E-state index contributed by atoms with van der Waals surface area (Å²) < 4.78 is 27.5. The Labute approximate surface area is 141 Å². The third kappa shape index (κ3) is 4.19. The summed E-state index contributed by atoms with van der Waals surface area (Å²) in [5, 5.41) is 2.61. The van der Waals surface area contributed by atoms with Crippen LogP contribution in [0.5, 0.6) is 0 Å². The second-order valence-corrected chi connectivity index (χ2v) is 7.08. The molecule has 1 amide bonds. The van der Waals surface area contributed by atoms with Gasteiger partial charge in [0, 0.05) is 26.7 Å². The maximum atomic E-state index is 12.5. The summed E-state index contributed by atoms with van der Waals surface area (Å²) in [4.78, 5) is 21.0. The van der Waals surface area contributed by atoms with Gasteiger partial charge >= 0.3 is 0 Å². The Balaban J connectivity index is 2.25. The number of benzene rings is 1. The molecule has 8 nitrogen and oxygen atoms in total. The SMILES string of the molecule is CC(=O)Nc1ccc(S(=O)(=O)Nc2cnc(N(C)C)nc2)c(C)c1. The lowest BCUT2D eigenvalue weighted by atomic mass is 10.2. The summed E-state index contributed by atoms with van der Waals surface area (Å²) in [6.45, 7) is 3.05. The summed E-state index contributed by atoms with van der Waals surface area (Å²) in [5.74, 6) is 0.259. The van der Waals surface area contributed by atoms with Crippen LogP contribution in [0.1, 0.15) is 12.5 Å². The molecule has 0 atom stereocenters. The molecule has 0 saturated heterocycles. The first-order valence-corrected chi connectivity index (χ1v) is 8.58. The zero-order valence-corrected chi connectivity index (χ0v) is 14.7. The Kier molecular flexibility index (Phi) is 5.03. The van der Waals surface area contributed by atoms with Gasteiger partial charge in [-0.2, -0.15) is 0 Å². The number of amides is 1. The molecule has 0 aliphatic heterocycles. The van der Waals surface area contributed by atoms with E-state index in [0.717, 1.165) is 0 Å². The van der Waals surface area contributed by atoms with Crippen molar-refractivity contribution < 1.29 is 13.2 Å². The van der Waals surface area contributed by atoms with Crippen LogP contribution < -0.4 is 14.9 Å². The average molecular weight is 349 g/mol. The Morgan fingerprint density at radius 2 is 1.75 bits per heavy atom. The predicted molar refractivity (Wildman–Crippen MR) is 92.7 cm³/mol. The van der Waals surface area contributed by atoms with Gasteiger partial charge in [-0.3, -0.25) is 9.52 Å². The minimum Gasteiger partial charge on any atom is -0.347 e. The van der Waals surface area contributed by atoms with Gasteiger partial charge in [-0.05, 0) is 30.7 Å². The van der Waals surface area contributed by atoms with E-state index in [1.165, 1.54) is 31.5 Å². The van der Waals surface area contributed by atoms with Crippen molar-refractivity contribution >= 4 is 33.3 Å². The molecule has 0 saturated carbocycles. The molecule has 1 aromatic carbocycles. The van der Waals surface area contributed by atoms with E-state index >= 15 is 0 Å². The van der Waals surface area contributed by atoms with E-state index < -0.39 is 10.0 Å². The molecule has 2 rings (SSSR count). The lowest BCUT2D eigenvalue weighted by molar-refractivity contribution is -0.114. The number of carbonyl (C=O) groups excluding carboxylic acids is 1. The van der Waals surface area contributed by atoms with Crippen molar-refractivity contribution in [3.63, 3.8) is 0 Å². The van der Waals surface area contributed by atoms with E-state index in [4.69, 9.17) is 0 Å². The van der Waals surface area contributed by atoms with Crippen molar-refractivity contribution in [3.8, 4) is 0 Å². The fourth-order valence-electron chi connectivity index (χ4n) is 2.05. The molecule has 2 aromatic rings. The van der Waals surface area contributed by atoms with E-state index in [-0.39, 0.29) is 16.5 Å². The van der Waals surface area contributed by atoms with Crippen molar-refractivity contribution in [2.24, 2.45) is 0 Å². The van der Waals surface area contributed by atoms with E-state index in [1.54, 1.807) is 32.0 Å². The van der Waals surface area contributed by atoms with Gasteiger partial charge in [0.05, 0.1) is 23.0 Å². The molecule has 0 spiro atoms. The summed E-state index contributed by atoms with van der Waals surface area (Å²) in [7, 11) is -0.197. The number of anilines is 3. The van der Waals surface area contributed by atoms with Crippen molar-refractivity contribution in [2.75, 3.05) is 29.0 Å². The van der Waals surface area contributed by atoms with Crippen molar-refractivity contribution in [1.29, 1.82) is 0 Å². The van der Waals surface area contributed by atoms with Crippen molar-refractivity contribution in [2.45, 2.75) is 18.7 Å². The summed E-state index contributed by atoms with van der Waals surface area (Å²) >= 11 is 0. The molecule has 0 unspecified atom stereocenters. The smallest absolute Gasteiger partial charge is 0.262 e. The van der Waals surface area contributed by atoms with Gasteiger partial charge in [-0.15, -0.1) is 0 Å². The van der Waals surface area contributed by atoms with Crippen molar-refractivity contribution in [1.82, 2.24) is 9.97 Å². The molecule has 0 fully saturated rings. The molecule has 0 bridgehead atoms. The van der Waals surface area contributed by atoms with Crippen LogP contribution in [0.2, 0.25) is 0 Å². The monoisotopic (exact) mass is 349 g/mol. The molecule has 24 heavy (non-hydrogen) atoms. The molecule has 1 aromatic heterocycles. The summed E-state index contributed by atoms with van der Waals surface area (Å²) in [6.07, 6.45) is 2.81. The number of nitrogens with zero attached hydrogens (tertiary/aromatic N) is 3. The first kappa shape index (κ1) is 17.7. The number of hydrogen-bond acceptors (Lipinski definition) is 6. The van der Waals surface area contributed by atoms with E-state index in [1.807, 2.05) is 0 Å². The number of rotatable bonds is 5. The molecular weight excluding hydrogens is 330 g/mol. The molecule has 1 heterocycles. The molecule has 0 radical (unpaired) electrons. The molecular formula is C15H19N5O3S. The van der Waals surface area contributed by atoms with Crippen LogP contribution in [-0.4, -0.2) is 38.4 Å². The quantitative estimate of drug-likeness (QED) is 0.850. The minimum atomic E-state index is -3.78. The highest BCUT2D eigenvalue weighted by Gasteiger charge is 2.18. The third-order valence-corrected chi connectivity index (χ3v) is 4.62. The van der Waals surface area contributed by atoms with Gasteiger partial charge < -0.3 is 10.2 Å². The average Bonchev–Trinajstić information content (AvgIpc) is 2.46. The summed E-state index contributed by atoms with van der Waals surface area (Å²) in [6, 6.07) is 4.58. The maximum Gasteiger partial charge on any atom is 0.262 e. The van der Waals surface area contributed by atoms with Crippen LogP contribution in [0, 0.1) is 6.92 Å². The second kappa shape index (κ2) is 6.83. The normalized spacial score (nSPS) is 11.0. The Bertz CT molecular complexity index is 848. The molecule has 0 aliphatic rings. The van der Waals surface area contributed by atoms with Crippen LogP contribution in [0.15, 0.2) is 35.5 Å². The standard InChI is InChI=1S/C15H19N5O3S/c1-10-7-12(18-11(2)21)5-6-14(10)24(22,23)19-13-8-16-15(17-9-13)20(3)4/h5-9,19H,1-4H3,(H,18,21). The minimum absolute atomic E-state index is 0.119. The molecule has 128 valence electrons. The first-order chi connectivity index (χ1) is 11.2. The number of sulfonamides is 1. The van der Waals surface area contributed by atoms with Gasteiger partial charge in [0.15, 0.2) is 0 Å². The van der Waals surface area contributed by atoms with E-state index in [0.29, 0.717) is 17.2 Å². The maximum absolute atomic E-state index is 12.5. The van der Waals surface area contributed by atoms with E-state index in [2.05, 4.69) is 20.0 Å². The van der Waals surface area contributed by atoms with Crippen molar-refractivity contribution in [3.05, 3.63) is 36.2 Å². The van der Waals surface area contributed by atoms with Gasteiger partial charge in [0.25, 0.3) is 10.0 Å². The zero-order chi connectivity index (χ0) is 17.9. The lowest BCUT2D eigenvalue weighted by Crippen LogP contribution is -2.16. The summed E-state index contributed by atoms with van der Waals surface area (Å²) in [5.41, 5.74) is 1.32. The first-order valence-electron chi connectivity index (χ1n) is 7.09. The number of aryl methyl sites for hydroxylation is 1. The molecule has 9 heteroatoms. The topological polar surface area (TPSA) is 104 Å². The van der Waals surface area contributed by atoms with Crippen LogP contribution in [0.4, 0.5) is 17.3 Å². The van der Waals surface area contributed by atoms with Crippen LogP contribution in [0.25, 0.3) is 0 Å². The fraction of sp³-hybridized carbons (Fsp3) is 0.267. The Morgan fingerprint density at radius 3 is 2.25 bits per heavy atom. The lowest BCUT2D eigenvalue weighted by Gasteiger charge is -2.13. The number of carbonyl (C=O) groups is 1. The van der Waals surface area contributed by atoms with Crippen LogP contribution >= 0.6 is 0 Å². The molecule has 2 N–H and O–H groups in total. The number of hydrogen-bond donors (Lipinski definition) is 2. The highest BCUT2D eigenvalue weighted by Crippen LogP contribution is 2.22. The Morgan fingerprint density at radius 1 is 1.12 bits per heavy atom. The third-order valence-electron chi connectivity index (χ3n) is 3.08. The highest BCUT2D eigenvalue weighted by atomic mass is 32.2.